The van der Waals surface area contributed by atoms with Crippen LogP contribution in [0.5, 0.6) is 0 Å². The average molecular weight is 803 g/mol. The summed E-state index contributed by atoms with van der Waals surface area (Å²) in [7, 11) is 0. The van der Waals surface area contributed by atoms with Gasteiger partial charge < -0.3 is 9.38 Å². The van der Waals surface area contributed by atoms with E-state index in [-0.39, 0.29) is 12.3 Å². The van der Waals surface area contributed by atoms with Gasteiger partial charge in [0.05, 0.1) is 15.9 Å². The quantitative estimate of drug-likeness (QED) is 0.162. The molecule has 0 fully saturated rings. The Labute approximate surface area is 357 Å². The summed E-state index contributed by atoms with van der Waals surface area (Å²) in [5.74, 6) is 0. The molecule has 0 aliphatic carbocycles. The van der Waals surface area contributed by atoms with Crippen molar-refractivity contribution >= 4 is 109 Å². The predicted octanol–water partition coefficient (Wildman–Crippen LogP) is 14.7. The number of rotatable bonds is 3. The summed E-state index contributed by atoms with van der Waals surface area (Å²) in [6.07, 6.45) is 0. The normalized spacial score (nSPS) is 13.3. The minimum atomic E-state index is -0.0594. The molecule has 5 heteroatoms. The van der Waals surface area contributed by atoms with Gasteiger partial charge in [0.25, 0.3) is 0 Å². The number of benzene rings is 8. The Morgan fingerprint density at radius 1 is 0.467 bits per heavy atom. The van der Waals surface area contributed by atoms with Gasteiger partial charge in [-0.25, -0.2) is 0 Å². The summed E-state index contributed by atoms with van der Waals surface area (Å²) >= 11 is 3.86. The van der Waals surface area contributed by atoms with Gasteiger partial charge in [-0.05, 0) is 116 Å². The van der Waals surface area contributed by atoms with Crippen LogP contribution >= 0.6 is 22.7 Å². The van der Waals surface area contributed by atoms with Crippen molar-refractivity contribution < 1.29 is 0 Å². The first-order valence-electron chi connectivity index (χ1n) is 21.0. The Bertz CT molecular complexity index is 3620. The number of aromatic nitrogens is 1. The molecule has 0 radical (unpaired) electrons. The Morgan fingerprint density at radius 3 is 1.98 bits per heavy atom. The molecule has 0 amide bonds. The fourth-order valence-corrected chi connectivity index (χ4v) is 12.9. The van der Waals surface area contributed by atoms with E-state index in [9.17, 15) is 0 Å². The van der Waals surface area contributed by atoms with E-state index in [1.165, 1.54) is 124 Å². The average Bonchev–Trinajstić information content (AvgIpc) is 3.95. The fourth-order valence-electron chi connectivity index (χ4n) is 10.6. The van der Waals surface area contributed by atoms with Crippen LogP contribution in [0, 0.1) is 6.92 Å². The van der Waals surface area contributed by atoms with Gasteiger partial charge in [0, 0.05) is 52.9 Å². The fraction of sp³-hybridized carbons (Fsp3) is 0.0909. The van der Waals surface area contributed by atoms with Crippen LogP contribution in [0.25, 0.3) is 84.8 Å². The second kappa shape index (κ2) is 12.3. The molecule has 5 heterocycles. The minimum absolute atomic E-state index is 0.0170. The van der Waals surface area contributed by atoms with Crippen molar-refractivity contribution in [2.75, 3.05) is 4.90 Å². The Hall–Kier alpha value is -6.40. The monoisotopic (exact) mass is 802 g/mol. The van der Waals surface area contributed by atoms with Crippen molar-refractivity contribution in [2.45, 2.75) is 33.1 Å². The summed E-state index contributed by atoms with van der Waals surface area (Å²) in [6.45, 7) is 9.15. The minimum Gasteiger partial charge on any atom is -0.374 e. The van der Waals surface area contributed by atoms with Crippen LogP contribution in [0.4, 0.5) is 17.1 Å². The molecule has 11 aromatic rings. The van der Waals surface area contributed by atoms with Gasteiger partial charge in [-0.1, -0.05) is 136 Å². The van der Waals surface area contributed by atoms with E-state index in [0.29, 0.717) is 0 Å². The van der Waals surface area contributed by atoms with Crippen LogP contribution in [0.3, 0.4) is 0 Å². The third-order valence-corrected chi connectivity index (χ3v) is 15.6. The van der Waals surface area contributed by atoms with Crippen LogP contribution in [-0.2, 0) is 5.41 Å². The molecule has 0 saturated heterocycles. The molecule has 0 unspecified atom stereocenters. The third-order valence-electron chi connectivity index (χ3n) is 13.3. The van der Waals surface area contributed by atoms with Gasteiger partial charge in [0.1, 0.15) is 0 Å². The Kier molecular flexibility index (Phi) is 7.08. The topological polar surface area (TPSA) is 8.17 Å². The lowest BCUT2D eigenvalue weighted by Gasteiger charge is -2.42. The van der Waals surface area contributed by atoms with Gasteiger partial charge in [-0.15, -0.1) is 22.7 Å². The van der Waals surface area contributed by atoms with Crippen LogP contribution in [0.1, 0.15) is 31.9 Å². The van der Waals surface area contributed by atoms with E-state index in [0.717, 1.165) is 0 Å². The molecule has 0 atom stereocenters. The molecular weight excluding hydrogens is 764 g/mol. The zero-order valence-corrected chi connectivity index (χ0v) is 35.5. The first-order valence-corrected chi connectivity index (χ1v) is 22.6. The van der Waals surface area contributed by atoms with Crippen molar-refractivity contribution in [1.82, 2.24) is 4.48 Å². The largest absolute Gasteiger partial charge is 0.374 e. The third kappa shape index (κ3) is 4.65. The molecule has 0 spiro atoms. The Balaban J connectivity index is 1.25. The van der Waals surface area contributed by atoms with Crippen molar-refractivity contribution in [3.05, 3.63) is 175 Å². The number of nitrogens with zero attached hydrogens (tertiary/aromatic N) is 2. The van der Waals surface area contributed by atoms with E-state index in [2.05, 4.69) is 201 Å². The predicted molar refractivity (Wildman–Crippen MR) is 263 cm³/mol. The molecular formula is C55H39BN2S2. The van der Waals surface area contributed by atoms with Gasteiger partial charge in [-0.2, -0.15) is 0 Å². The first-order chi connectivity index (χ1) is 29.3. The van der Waals surface area contributed by atoms with Crippen LogP contribution in [0.15, 0.2) is 164 Å². The molecule has 8 aromatic carbocycles. The summed E-state index contributed by atoms with van der Waals surface area (Å²) in [5, 5.41) is 5.37. The highest BCUT2D eigenvalue weighted by Crippen LogP contribution is 2.52. The molecule has 0 N–H and O–H groups in total. The summed E-state index contributed by atoms with van der Waals surface area (Å²) in [6, 6.07) is 62.1. The number of hydrogen-bond acceptors (Lipinski definition) is 3. The number of thiophene rings is 2. The van der Waals surface area contributed by atoms with Crippen molar-refractivity contribution in [3.8, 4) is 33.4 Å². The highest BCUT2D eigenvalue weighted by molar-refractivity contribution is 7.27. The lowest BCUT2D eigenvalue weighted by Crippen LogP contribution is -2.57. The molecule has 2 aliphatic heterocycles. The lowest BCUT2D eigenvalue weighted by molar-refractivity contribution is 0.590. The maximum atomic E-state index is 2.76. The van der Waals surface area contributed by atoms with Gasteiger partial charge in [0.2, 0.25) is 0 Å². The van der Waals surface area contributed by atoms with E-state index in [1.54, 1.807) is 0 Å². The maximum absolute atomic E-state index is 2.76. The van der Waals surface area contributed by atoms with Crippen LogP contribution in [-0.4, -0.2) is 11.3 Å². The van der Waals surface area contributed by atoms with Crippen LogP contribution < -0.4 is 15.8 Å². The number of fused-ring (bicyclic) bond motifs is 13. The summed E-state index contributed by atoms with van der Waals surface area (Å²) in [5.41, 5.74) is 19.3. The van der Waals surface area contributed by atoms with Crippen molar-refractivity contribution in [2.24, 2.45) is 0 Å². The van der Waals surface area contributed by atoms with Gasteiger partial charge in [0.15, 0.2) is 0 Å². The van der Waals surface area contributed by atoms with Gasteiger partial charge in [-0.3, -0.25) is 0 Å². The van der Waals surface area contributed by atoms with E-state index >= 15 is 0 Å². The number of hydrogen-bond donors (Lipinski definition) is 0. The SMILES string of the molecule is Cc1ccccc1-c1cc2c3c(c1)N(c1ccc(C(C)(C)C)cc1-c1ccccc1)c1ccc4sc5ccccc5c4c1B3n1c3c-2cccc3c2sc3ccccc3c21. The van der Waals surface area contributed by atoms with E-state index < -0.39 is 0 Å². The van der Waals surface area contributed by atoms with Crippen LogP contribution in [0.2, 0.25) is 0 Å². The standard InChI is InChI=1S/C55H39BN2S2/c1-32-15-8-9-18-36(32)34-29-42-37-21-14-22-40-52(37)58(53-39-20-11-13-24-47(39)60-54(40)53)56-50(42)45(30-34)57(44-27-28-48-49(51(44)56)38-19-10-12-23-46(38)59-48)43-26-25-35(55(2,3)4)31-41(43)33-16-6-5-7-17-33/h5-31H,1-4H3. The highest BCUT2D eigenvalue weighted by Gasteiger charge is 2.45. The van der Waals surface area contributed by atoms with Crippen molar-refractivity contribution in [3.63, 3.8) is 0 Å². The highest BCUT2D eigenvalue weighted by atomic mass is 32.1. The zero-order valence-electron chi connectivity index (χ0n) is 33.9. The number of aryl methyl sites for hydroxylation is 1. The molecule has 60 heavy (non-hydrogen) atoms. The van der Waals surface area contributed by atoms with Gasteiger partial charge >= 0.3 is 6.85 Å². The van der Waals surface area contributed by atoms with Crippen molar-refractivity contribution in [1.29, 1.82) is 0 Å². The Morgan fingerprint density at radius 2 is 1.17 bits per heavy atom. The first kappa shape index (κ1) is 34.5. The molecule has 3 aromatic heterocycles. The molecule has 0 bridgehead atoms. The van der Waals surface area contributed by atoms with E-state index in [4.69, 9.17) is 0 Å². The second-order valence-corrected chi connectivity index (χ2v) is 19.8. The molecule has 284 valence electrons. The van der Waals surface area contributed by atoms with E-state index in [1.807, 2.05) is 22.7 Å². The maximum Gasteiger partial charge on any atom is 0.333 e. The second-order valence-electron chi connectivity index (χ2n) is 17.7. The lowest BCUT2D eigenvalue weighted by atomic mass is 9.44. The smallest absolute Gasteiger partial charge is 0.333 e. The summed E-state index contributed by atoms with van der Waals surface area (Å²) < 4.78 is 8.13. The number of para-hydroxylation sites is 1. The molecule has 0 saturated carbocycles. The zero-order chi connectivity index (χ0) is 40.0. The molecule has 2 aliphatic rings. The molecule has 13 rings (SSSR count). The number of anilines is 3. The molecule has 2 nitrogen and oxygen atoms in total. The summed E-state index contributed by atoms with van der Waals surface area (Å²) in [4.78, 5) is 2.64.